The molecule has 1 fully saturated rings. The zero-order valence-electron chi connectivity index (χ0n) is 10.7. The zero-order chi connectivity index (χ0) is 13.9. The molecule has 19 heavy (non-hydrogen) atoms. The predicted molar refractivity (Wildman–Crippen MR) is 80.3 cm³/mol. The number of nitrogens with zero attached hydrogens (tertiary/aromatic N) is 1. The average Bonchev–Trinajstić information content (AvgIpc) is 2.42. The van der Waals surface area contributed by atoms with Crippen molar-refractivity contribution in [2.45, 2.75) is 11.4 Å². The van der Waals surface area contributed by atoms with Crippen LogP contribution >= 0.6 is 23.4 Å². The van der Waals surface area contributed by atoms with E-state index in [2.05, 4.69) is 5.32 Å². The first-order valence-corrected chi connectivity index (χ1v) is 9.04. The molecule has 0 bridgehead atoms. The number of hydrogen-bond acceptors (Lipinski definition) is 4. The van der Waals surface area contributed by atoms with Crippen molar-refractivity contribution in [2.24, 2.45) is 0 Å². The molecule has 0 saturated carbocycles. The lowest BCUT2D eigenvalue weighted by atomic mass is 10.2. The van der Waals surface area contributed by atoms with E-state index < -0.39 is 10.0 Å². The Bertz CT molecular complexity index is 543. The Morgan fingerprint density at radius 1 is 1.37 bits per heavy atom. The van der Waals surface area contributed by atoms with Crippen molar-refractivity contribution in [3.8, 4) is 0 Å². The van der Waals surface area contributed by atoms with Crippen LogP contribution in [0.5, 0.6) is 0 Å². The molecule has 0 unspecified atom stereocenters. The van der Waals surface area contributed by atoms with E-state index in [-0.39, 0.29) is 9.92 Å². The Kier molecular flexibility index (Phi) is 5.14. The van der Waals surface area contributed by atoms with E-state index in [1.54, 1.807) is 23.9 Å². The molecule has 1 saturated heterocycles. The van der Waals surface area contributed by atoms with Gasteiger partial charge in [0.05, 0.1) is 5.02 Å². The highest BCUT2D eigenvalue weighted by Gasteiger charge is 2.28. The molecule has 0 radical (unpaired) electrons. The Morgan fingerprint density at radius 2 is 2.05 bits per heavy atom. The Labute approximate surface area is 123 Å². The zero-order valence-corrected chi connectivity index (χ0v) is 13.1. The third kappa shape index (κ3) is 3.44. The molecule has 1 heterocycles. The smallest absolute Gasteiger partial charge is 0.244 e. The summed E-state index contributed by atoms with van der Waals surface area (Å²) in [5, 5.41) is 3.30. The second-order valence-corrected chi connectivity index (χ2v) is 7.85. The molecular weight excluding hydrogens is 304 g/mol. The molecule has 1 aromatic rings. The van der Waals surface area contributed by atoms with Gasteiger partial charge in [0.25, 0.3) is 0 Å². The summed E-state index contributed by atoms with van der Waals surface area (Å²) in [7, 11) is -1.65. The first kappa shape index (κ1) is 15.1. The SMILES string of the molecule is CNCc1ccc(Cl)c(S(=O)(=O)N2CCSCC2)c1. The molecular formula is C12H17ClN2O2S2. The van der Waals surface area contributed by atoms with Crippen molar-refractivity contribution < 1.29 is 8.42 Å². The topological polar surface area (TPSA) is 49.4 Å². The maximum atomic E-state index is 12.6. The van der Waals surface area contributed by atoms with Gasteiger partial charge in [-0.05, 0) is 24.7 Å². The van der Waals surface area contributed by atoms with E-state index in [1.165, 1.54) is 4.31 Å². The molecule has 1 aliphatic rings. The van der Waals surface area contributed by atoms with Crippen molar-refractivity contribution in [3.63, 3.8) is 0 Å². The Balaban J connectivity index is 2.35. The quantitative estimate of drug-likeness (QED) is 0.919. The van der Waals surface area contributed by atoms with Crippen molar-refractivity contribution in [2.75, 3.05) is 31.6 Å². The molecule has 1 aliphatic heterocycles. The van der Waals surface area contributed by atoms with Crippen LogP contribution < -0.4 is 5.32 Å². The lowest BCUT2D eigenvalue weighted by Crippen LogP contribution is -2.38. The largest absolute Gasteiger partial charge is 0.316 e. The fourth-order valence-electron chi connectivity index (χ4n) is 1.99. The monoisotopic (exact) mass is 320 g/mol. The lowest BCUT2D eigenvalue weighted by Gasteiger charge is -2.26. The van der Waals surface area contributed by atoms with Crippen molar-refractivity contribution in [1.82, 2.24) is 9.62 Å². The normalized spacial score (nSPS) is 17.6. The lowest BCUT2D eigenvalue weighted by molar-refractivity contribution is 0.443. The second kappa shape index (κ2) is 6.45. The summed E-state index contributed by atoms with van der Waals surface area (Å²) < 4.78 is 26.7. The van der Waals surface area contributed by atoms with Crippen LogP contribution in [0.4, 0.5) is 0 Å². The highest BCUT2D eigenvalue weighted by atomic mass is 35.5. The van der Waals surface area contributed by atoms with Gasteiger partial charge in [0, 0.05) is 31.1 Å². The number of rotatable bonds is 4. The number of hydrogen-bond donors (Lipinski definition) is 1. The summed E-state index contributed by atoms with van der Waals surface area (Å²) in [6, 6.07) is 5.15. The molecule has 7 heteroatoms. The van der Waals surface area contributed by atoms with Crippen LogP contribution in [0.25, 0.3) is 0 Å². The number of nitrogens with one attached hydrogen (secondary N) is 1. The summed E-state index contributed by atoms with van der Waals surface area (Å²) in [4.78, 5) is 0.216. The van der Waals surface area contributed by atoms with Crippen molar-refractivity contribution >= 4 is 33.4 Å². The molecule has 106 valence electrons. The summed E-state index contributed by atoms with van der Waals surface area (Å²) in [6.07, 6.45) is 0. The third-order valence-corrected chi connectivity index (χ3v) is 6.29. The van der Waals surface area contributed by atoms with Crippen LogP contribution in [-0.4, -0.2) is 44.4 Å². The summed E-state index contributed by atoms with van der Waals surface area (Å²) in [5.74, 6) is 1.68. The summed E-state index contributed by atoms with van der Waals surface area (Å²) in [6.45, 7) is 1.73. The minimum absolute atomic E-state index is 0.216. The Morgan fingerprint density at radius 3 is 2.68 bits per heavy atom. The molecule has 0 atom stereocenters. The van der Waals surface area contributed by atoms with E-state index in [9.17, 15) is 8.42 Å². The molecule has 0 aromatic heterocycles. The van der Waals surface area contributed by atoms with Crippen LogP contribution in [-0.2, 0) is 16.6 Å². The second-order valence-electron chi connectivity index (χ2n) is 4.31. The molecule has 1 aromatic carbocycles. The van der Waals surface area contributed by atoms with E-state index >= 15 is 0 Å². The van der Waals surface area contributed by atoms with Gasteiger partial charge >= 0.3 is 0 Å². The molecule has 0 amide bonds. The first-order chi connectivity index (χ1) is 9.05. The van der Waals surface area contributed by atoms with Gasteiger partial charge in [0.2, 0.25) is 10.0 Å². The van der Waals surface area contributed by atoms with Gasteiger partial charge in [0.15, 0.2) is 0 Å². The van der Waals surface area contributed by atoms with Crippen LogP contribution in [0, 0.1) is 0 Å². The fourth-order valence-corrected chi connectivity index (χ4v) is 5.09. The first-order valence-electron chi connectivity index (χ1n) is 6.06. The Hall–Kier alpha value is -0.270. The van der Waals surface area contributed by atoms with E-state index in [0.717, 1.165) is 17.1 Å². The maximum absolute atomic E-state index is 12.6. The van der Waals surface area contributed by atoms with Crippen LogP contribution in [0.1, 0.15) is 5.56 Å². The number of halogens is 1. The summed E-state index contributed by atoms with van der Waals surface area (Å²) in [5.41, 5.74) is 0.914. The summed E-state index contributed by atoms with van der Waals surface area (Å²) >= 11 is 7.85. The predicted octanol–water partition coefficient (Wildman–Crippen LogP) is 1.80. The van der Waals surface area contributed by atoms with Crippen molar-refractivity contribution in [1.29, 1.82) is 0 Å². The van der Waals surface area contributed by atoms with Gasteiger partial charge in [-0.15, -0.1) is 0 Å². The van der Waals surface area contributed by atoms with Gasteiger partial charge in [-0.1, -0.05) is 17.7 Å². The fraction of sp³-hybridized carbons (Fsp3) is 0.500. The third-order valence-electron chi connectivity index (χ3n) is 2.96. The van der Waals surface area contributed by atoms with E-state index in [4.69, 9.17) is 11.6 Å². The molecule has 4 nitrogen and oxygen atoms in total. The average molecular weight is 321 g/mol. The molecule has 0 spiro atoms. The van der Waals surface area contributed by atoms with E-state index in [0.29, 0.717) is 19.6 Å². The van der Waals surface area contributed by atoms with Crippen LogP contribution in [0.2, 0.25) is 5.02 Å². The van der Waals surface area contributed by atoms with Crippen molar-refractivity contribution in [3.05, 3.63) is 28.8 Å². The van der Waals surface area contributed by atoms with Crippen LogP contribution in [0.3, 0.4) is 0 Å². The molecule has 1 N–H and O–H groups in total. The highest BCUT2D eigenvalue weighted by molar-refractivity contribution is 7.99. The minimum atomic E-state index is -3.47. The van der Waals surface area contributed by atoms with Gasteiger partial charge in [-0.25, -0.2) is 8.42 Å². The maximum Gasteiger partial charge on any atom is 0.244 e. The van der Waals surface area contributed by atoms with Gasteiger partial charge in [-0.2, -0.15) is 16.1 Å². The number of benzene rings is 1. The number of sulfonamides is 1. The molecule has 0 aliphatic carbocycles. The van der Waals surface area contributed by atoms with Gasteiger partial charge in [-0.3, -0.25) is 0 Å². The van der Waals surface area contributed by atoms with Crippen LogP contribution in [0.15, 0.2) is 23.1 Å². The van der Waals surface area contributed by atoms with Gasteiger partial charge in [0.1, 0.15) is 4.90 Å². The van der Waals surface area contributed by atoms with E-state index in [1.807, 2.05) is 13.1 Å². The minimum Gasteiger partial charge on any atom is -0.316 e. The standard InChI is InChI=1S/C12H17ClN2O2S2/c1-14-9-10-2-3-11(13)12(8-10)19(16,17)15-4-6-18-7-5-15/h2-3,8,14H,4-7,9H2,1H3. The number of thioether (sulfide) groups is 1. The molecule has 2 rings (SSSR count). The highest BCUT2D eigenvalue weighted by Crippen LogP contribution is 2.27. The van der Waals surface area contributed by atoms with Gasteiger partial charge < -0.3 is 5.32 Å².